The largest absolute Gasteiger partial charge is 0.508 e. The standard InChI is InChI=1S/C14H12Cl2O2/c1-9-5-10(17)7-11(6-9)18-8-12-13(15)3-2-4-14(12)16/h2-7,17H,8H2,1H3. The summed E-state index contributed by atoms with van der Waals surface area (Å²) in [6.07, 6.45) is 0. The molecule has 4 heteroatoms. The predicted molar refractivity (Wildman–Crippen MR) is 73.6 cm³/mol. The number of aryl methyl sites for hydroxylation is 1. The molecule has 0 spiro atoms. The van der Waals surface area contributed by atoms with E-state index in [1.165, 1.54) is 0 Å². The van der Waals surface area contributed by atoms with E-state index in [1.54, 1.807) is 30.3 Å². The molecular weight excluding hydrogens is 271 g/mol. The Bertz CT molecular complexity index is 527. The van der Waals surface area contributed by atoms with Crippen LogP contribution >= 0.6 is 23.2 Å². The molecule has 0 saturated heterocycles. The fourth-order valence-corrected chi connectivity index (χ4v) is 2.14. The molecule has 94 valence electrons. The molecule has 0 aliphatic rings. The highest BCUT2D eigenvalue weighted by molar-refractivity contribution is 6.35. The van der Waals surface area contributed by atoms with Crippen molar-refractivity contribution in [3.8, 4) is 11.5 Å². The Morgan fingerprint density at radius 1 is 1.11 bits per heavy atom. The fourth-order valence-electron chi connectivity index (χ4n) is 1.64. The highest BCUT2D eigenvalue weighted by Crippen LogP contribution is 2.27. The molecule has 0 heterocycles. The zero-order valence-electron chi connectivity index (χ0n) is 9.78. The minimum atomic E-state index is 0.176. The van der Waals surface area contributed by atoms with Crippen molar-refractivity contribution in [3.63, 3.8) is 0 Å². The third kappa shape index (κ3) is 3.09. The Kier molecular flexibility index (Phi) is 4.00. The van der Waals surface area contributed by atoms with E-state index in [1.807, 2.05) is 13.0 Å². The Labute approximate surface area is 116 Å². The second-order valence-corrected chi connectivity index (χ2v) is 4.81. The number of phenolic OH excluding ortho intramolecular Hbond substituents is 1. The number of rotatable bonds is 3. The Hall–Kier alpha value is -1.38. The monoisotopic (exact) mass is 282 g/mol. The van der Waals surface area contributed by atoms with Crippen molar-refractivity contribution >= 4 is 23.2 Å². The number of hydrogen-bond donors (Lipinski definition) is 1. The topological polar surface area (TPSA) is 29.5 Å². The first-order valence-electron chi connectivity index (χ1n) is 5.42. The van der Waals surface area contributed by atoms with Crippen LogP contribution in [0.1, 0.15) is 11.1 Å². The van der Waals surface area contributed by atoms with Crippen molar-refractivity contribution in [2.24, 2.45) is 0 Å². The van der Waals surface area contributed by atoms with Crippen LogP contribution in [0.4, 0.5) is 0 Å². The Balaban J connectivity index is 2.16. The first kappa shape index (κ1) is 13.1. The van der Waals surface area contributed by atoms with Crippen LogP contribution in [-0.4, -0.2) is 5.11 Å². The van der Waals surface area contributed by atoms with Crippen molar-refractivity contribution in [2.45, 2.75) is 13.5 Å². The fraction of sp³-hybridized carbons (Fsp3) is 0.143. The van der Waals surface area contributed by atoms with Gasteiger partial charge in [0.2, 0.25) is 0 Å². The molecular formula is C14H12Cl2O2. The van der Waals surface area contributed by atoms with Crippen LogP contribution in [0.2, 0.25) is 10.0 Å². The molecule has 0 aliphatic carbocycles. The number of aromatic hydroxyl groups is 1. The quantitative estimate of drug-likeness (QED) is 0.893. The zero-order valence-corrected chi connectivity index (χ0v) is 11.3. The maximum atomic E-state index is 9.47. The van der Waals surface area contributed by atoms with Crippen LogP contribution in [0.15, 0.2) is 36.4 Å². The second kappa shape index (κ2) is 5.51. The van der Waals surface area contributed by atoms with Crippen molar-refractivity contribution in [3.05, 3.63) is 57.6 Å². The molecule has 0 atom stereocenters. The van der Waals surface area contributed by atoms with Gasteiger partial charge in [0.15, 0.2) is 0 Å². The van der Waals surface area contributed by atoms with Gasteiger partial charge in [0.25, 0.3) is 0 Å². The van der Waals surface area contributed by atoms with E-state index in [0.29, 0.717) is 15.8 Å². The summed E-state index contributed by atoms with van der Waals surface area (Å²) in [7, 11) is 0. The van der Waals surface area contributed by atoms with Crippen LogP contribution in [0, 0.1) is 6.92 Å². The summed E-state index contributed by atoms with van der Waals surface area (Å²) in [6.45, 7) is 2.15. The molecule has 0 radical (unpaired) electrons. The first-order chi connectivity index (χ1) is 8.56. The number of halogens is 2. The average Bonchev–Trinajstić information content (AvgIpc) is 2.27. The van der Waals surface area contributed by atoms with Gasteiger partial charge < -0.3 is 9.84 Å². The lowest BCUT2D eigenvalue weighted by molar-refractivity contribution is 0.304. The molecule has 1 N–H and O–H groups in total. The molecule has 0 amide bonds. The maximum absolute atomic E-state index is 9.47. The van der Waals surface area contributed by atoms with E-state index in [9.17, 15) is 5.11 Å². The van der Waals surface area contributed by atoms with Crippen LogP contribution in [0.25, 0.3) is 0 Å². The number of benzene rings is 2. The molecule has 0 unspecified atom stereocenters. The number of ether oxygens (including phenoxy) is 1. The molecule has 2 nitrogen and oxygen atoms in total. The lowest BCUT2D eigenvalue weighted by Crippen LogP contribution is -1.97. The smallest absolute Gasteiger partial charge is 0.123 e. The molecule has 2 rings (SSSR count). The van der Waals surface area contributed by atoms with E-state index >= 15 is 0 Å². The summed E-state index contributed by atoms with van der Waals surface area (Å²) in [5.41, 5.74) is 1.66. The molecule has 18 heavy (non-hydrogen) atoms. The van der Waals surface area contributed by atoms with Crippen LogP contribution in [-0.2, 0) is 6.61 Å². The van der Waals surface area contributed by atoms with Crippen molar-refractivity contribution < 1.29 is 9.84 Å². The molecule has 0 saturated carbocycles. The highest BCUT2D eigenvalue weighted by atomic mass is 35.5. The van der Waals surface area contributed by atoms with E-state index < -0.39 is 0 Å². The van der Waals surface area contributed by atoms with Crippen molar-refractivity contribution in [1.82, 2.24) is 0 Å². The van der Waals surface area contributed by atoms with Gasteiger partial charge in [0.1, 0.15) is 18.1 Å². The van der Waals surface area contributed by atoms with Crippen molar-refractivity contribution in [2.75, 3.05) is 0 Å². The molecule has 0 aliphatic heterocycles. The van der Waals surface area contributed by atoms with E-state index in [2.05, 4.69) is 0 Å². The summed E-state index contributed by atoms with van der Waals surface area (Å²) in [5, 5.41) is 10.6. The maximum Gasteiger partial charge on any atom is 0.123 e. The molecule has 0 aromatic heterocycles. The lowest BCUT2D eigenvalue weighted by Gasteiger charge is -2.10. The first-order valence-corrected chi connectivity index (χ1v) is 6.18. The molecule has 2 aromatic carbocycles. The molecule has 2 aromatic rings. The van der Waals surface area contributed by atoms with Crippen molar-refractivity contribution in [1.29, 1.82) is 0 Å². The minimum absolute atomic E-state index is 0.176. The summed E-state index contributed by atoms with van der Waals surface area (Å²) in [6, 6.07) is 10.4. The van der Waals surface area contributed by atoms with E-state index in [0.717, 1.165) is 11.1 Å². The van der Waals surface area contributed by atoms with Gasteiger partial charge in [0, 0.05) is 21.7 Å². The summed E-state index contributed by atoms with van der Waals surface area (Å²) in [5.74, 6) is 0.763. The van der Waals surface area contributed by atoms with Crippen LogP contribution in [0.3, 0.4) is 0 Å². The van der Waals surface area contributed by atoms with Gasteiger partial charge in [-0.2, -0.15) is 0 Å². The van der Waals surface area contributed by atoms with Gasteiger partial charge in [0.05, 0.1) is 0 Å². The van der Waals surface area contributed by atoms with Gasteiger partial charge in [-0.05, 0) is 36.8 Å². The van der Waals surface area contributed by atoms with Gasteiger partial charge in [-0.25, -0.2) is 0 Å². The number of phenols is 1. The normalized spacial score (nSPS) is 10.4. The summed E-state index contributed by atoms with van der Waals surface area (Å²) < 4.78 is 5.59. The molecule has 0 fully saturated rings. The van der Waals surface area contributed by atoms with E-state index in [-0.39, 0.29) is 12.4 Å². The summed E-state index contributed by atoms with van der Waals surface area (Å²) in [4.78, 5) is 0. The van der Waals surface area contributed by atoms with Crippen LogP contribution in [0.5, 0.6) is 11.5 Å². The molecule has 0 bridgehead atoms. The third-order valence-corrected chi connectivity index (χ3v) is 3.19. The SMILES string of the molecule is Cc1cc(O)cc(OCc2c(Cl)cccc2Cl)c1. The minimum Gasteiger partial charge on any atom is -0.508 e. The predicted octanol–water partition coefficient (Wildman–Crippen LogP) is 4.59. The van der Waals surface area contributed by atoms with Gasteiger partial charge in [-0.1, -0.05) is 29.3 Å². The lowest BCUT2D eigenvalue weighted by atomic mass is 10.2. The number of hydrogen-bond acceptors (Lipinski definition) is 2. The Morgan fingerprint density at radius 2 is 1.78 bits per heavy atom. The van der Waals surface area contributed by atoms with Gasteiger partial charge >= 0.3 is 0 Å². The summed E-state index contributed by atoms with van der Waals surface area (Å²) >= 11 is 12.1. The average molecular weight is 283 g/mol. The third-order valence-electron chi connectivity index (χ3n) is 2.48. The second-order valence-electron chi connectivity index (χ2n) is 3.99. The zero-order chi connectivity index (χ0) is 13.1. The van der Waals surface area contributed by atoms with Crippen LogP contribution < -0.4 is 4.74 Å². The van der Waals surface area contributed by atoms with Gasteiger partial charge in [-0.15, -0.1) is 0 Å². The Morgan fingerprint density at radius 3 is 2.39 bits per heavy atom. The highest BCUT2D eigenvalue weighted by Gasteiger charge is 2.06. The van der Waals surface area contributed by atoms with Gasteiger partial charge in [-0.3, -0.25) is 0 Å². The van der Waals surface area contributed by atoms with E-state index in [4.69, 9.17) is 27.9 Å².